The maximum absolute atomic E-state index is 11.7. The van der Waals surface area contributed by atoms with E-state index in [4.69, 9.17) is 23.2 Å². The number of sulfonamides is 1. The number of hydrogen-bond acceptors (Lipinski definition) is 4. The maximum Gasteiger partial charge on any atom is 0.286 e. The van der Waals surface area contributed by atoms with Crippen LogP contribution in [0.25, 0.3) is 0 Å². The summed E-state index contributed by atoms with van der Waals surface area (Å²) in [4.78, 5) is 2.12. The molecule has 1 aromatic heterocycles. The van der Waals surface area contributed by atoms with Gasteiger partial charge in [-0.2, -0.15) is 18.4 Å². The van der Waals surface area contributed by atoms with Crippen molar-refractivity contribution < 1.29 is 8.42 Å². The van der Waals surface area contributed by atoms with Crippen molar-refractivity contribution in [1.82, 2.24) is 4.83 Å². The lowest BCUT2D eigenvalue weighted by Gasteiger charge is -2.00. The Kier molecular flexibility index (Phi) is 4.46. The standard InChI is InChI=1S/C11H8Cl2N2O2S2/c12-9-4-3-8(6-10(9)13)7-14-15-19(16,17)11-2-1-5-18-11/h1-7,15H/b14-7+. The maximum atomic E-state index is 11.7. The van der Waals surface area contributed by atoms with Crippen LogP contribution in [0, 0.1) is 0 Å². The molecular formula is C11H8Cl2N2O2S2. The third-order valence-electron chi connectivity index (χ3n) is 2.09. The largest absolute Gasteiger partial charge is 0.286 e. The van der Waals surface area contributed by atoms with E-state index in [9.17, 15) is 8.42 Å². The predicted molar refractivity (Wildman–Crippen MR) is 78.7 cm³/mol. The van der Waals surface area contributed by atoms with Crippen molar-refractivity contribution in [3.05, 3.63) is 51.3 Å². The molecular weight excluding hydrogens is 327 g/mol. The highest BCUT2D eigenvalue weighted by atomic mass is 35.5. The van der Waals surface area contributed by atoms with Gasteiger partial charge in [-0.15, -0.1) is 11.3 Å². The molecule has 0 saturated heterocycles. The minimum Gasteiger partial charge on any atom is -0.199 e. The number of nitrogens with one attached hydrogen (secondary N) is 1. The number of benzene rings is 1. The molecule has 0 aliphatic heterocycles. The summed E-state index contributed by atoms with van der Waals surface area (Å²) < 4.78 is 23.7. The number of hydrogen-bond donors (Lipinski definition) is 1. The van der Waals surface area contributed by atoms with Crippen LogP contribution in [0.15, 0.2) is 45.0 Å². The molecule has 2 rings (SSSR count). The highest BCUT2D eigenvalue weighted by Crippen LogP contribution is 2.21. The second-order valence-electron chi connectivity index (χ2n) is 3.46. The second-order valence-corrected chi connectivity index (χ2v) is 7.11. The average Bonchev–Trinajstić information content (AvgIpc) is 2.88. The molecule has 0 saturated carbocycles. The summed E-state index contributed by atoms with van der Waals surface area (Å²) in [6.07, 6.45) is 1.35. The lowest BCUT2D eigenvalue weighted by Crippen LogP contribution is -2.17. The molecule has 1 N–H and O–H groups in total. The van der Waals surface area contributed by atoms with Crippen LogP contribution in [0.4, 0.5) is 0 Å². The van der Waals surface area contributed by atoms with E-state index in [-0.39, 0.29) is 4.21 Å². The molecule has 0 aliphatic rings. The smallest absolute Gasteiger partial charge is 0.199 e. The van der Waals surface area contributed by atoms with Gasteiger partial charge in [-0.1, -0.05) is 35.3 Å². The zero-order valence-electron chi connectivity index (χ0n) is 9.38. The Morgan fingerprint density at radius 3 is 2.63 bits per heavy atom. The van der Waals surface area contributed by atoms with Gasteiger partial charge >= 0.3 is 0 Å². The Labute approximate surface area is 124 Å². The Morgan fingerprint density at radius 1 is 1.21 bits per heavy atom. The van der Waals surface area contributed by atoms with Gasteiger partial charge in [0.05, 0.1) is 16.3 Å². The molecule has 0 spiro atoms. The summed E-state index contributed by atoms with van der Waals surface area (Å²) in [5, 5.41) is 6.17. The van der Waals surface area contributed by atoms with E-state index in [1.807, 2.05) is 0 Å². The van der Waals surface area contributed by atoms with Gasteiger partial charge in [0.2, 0.25) is 0 Å². The molecule has 0 unspecified atom stereocenters. The summed E-state index contributed by atoms with van der Waals surface area (Å²) in [5.41, 5.74) is 0.642. The van der Waals surface area contributed by atoms with Crippen LogP contribution < -0.4 is 4.83 Å². The van der Waals surface area contributed by atoms with Crippen molar-refractivity contribution in [3.8, 4) is 0 Å². The topological polar surface area (TPSA) is 58.5 Å². The fourth-order valence-corrected chi connectivity index (χ4v) is 3.30. The minimum absolute atomic E-state index is 0.207. The monoisotopic (exact) mass is 334 g/mol. The Bertz CT molecular complexity index is 697. The number of hydrazone groups is 1. The molecule has 0 aliphatic carbocycles. The van der Waals surface area contributed by atoms with Gasteiger partial charge < -0.3 is 0 Å². The first-order valence-electron chi connectivity index (χ1n) is 5.02. The lowest BCUT2D eigenvalue weighted by atomic mass is 10.2. The number of nitrogens with zero attached hydrogens (tertiary/aromatic N) is 1. The molecule has 19 heavy (non-hydrogen) atoms. The van der Waals surface area contributed by atoms with Crippen LogP contribution in [0.1, 0.15) is 5.56 Å². The van der Waals surface area contributed by atoms with Crippen molar-refractivity contribution in [2.24, 2.45) is 5.10 Å². The third kappa shape index (κ3) is 3.70. The lowest BCUT2D eigenvalue weighted by molar-refractivity contribution is 0.587. The highest BCUT2D eigenvalue weighted by molar-refractivity contribution is 7.91. The molecule has 100 valence electrons. The summed E-state index contributed by atoms with van der Waals surface area (Å²) in [7, 11) is -3.59. The van der Waals surface area contributed by atoms with Gasteiger partial charge in [0.15, 0.2) is 0 Å². The molecule has 0 fully saturated rings. The summed E-state index contributed by atoms with van der Waals surface area (Å²) in [5.74, 6) is 0. The average molecular weight is 335 g/mol. The Hall–Kier alpha value is -1.08. The first kappa shape index (κ1) is 14.3. The van der Waals surface area contributed by atoms with Gasteiger partial charge in [0, 0.05) is 0 Å². The van der Waals surface area contributed by atoms with Crippen molar-refractivity contribution in [2.75, 3.05) is 0 Å². The van der Waals surface area contributed by atoms with Crippen molar-refractivity contribution >= 4 is 50.8 Å². The fraction of sp³-hybridized carbons (Fsp3) is 0. The number of halogens is 2. The van der Waals surface area contributed by atoms with Crippen LogP contribution in [0.3, 0.4) is 0 Å². The molecule has 2 aromatic rings. The molecule has 0 bridgehead atoms. The predicted octanol–water partition coefficient (Wildman–Crippen LogP) is 3.37. The Balaban J connectivity index is 2.10. The molecule has 8 heteroatoms. The number of rotatable bonds is 4. The van der Waals surface area contributed by atoms with E-state index in [2.05, 4.69) is 9.93 Å². The van der Waals surface area contributed by atoms with E-state index in [0.717, 1.165) is 11.3 Å². The van der Waals surface area contributed by atoms with Gasteiger partial charge in [0.1, 0.15) is 4.21 Å². The van der Waals surface area contributed by atoms with Crippen LogP contribution in [0.5, 0.6) is 0 Å². The molecule has 0 radical (unpaired) electrons. The molecule has 1 heterocycles. The van der Waals surface area contributed by atoms with Gasteiger partial charge in [-0.05, 0) is 29.1 Å². The normalized spacial score (nSPS) is 11.9. The summed E-state index contributed by atoms with van der Waals surface area (Å²) in [6, 6.07) is 8.03. The van der Waals surface area contributed by atoms with Crippen LogP contribution in [-0.4, -0.2) is 14.6 Å². The fourth-order valence-electron chi connectivity index (χ4n) is 1.22. The molecule has 4 nitrogen and oxygen atoms in total. The van der Waals surface area contributed by atoms with Crippen LogP contribution >= 0.6 is 34.5 Å². The van der Waals surface area contributed by atoms with Crippen molar-refractivity contribution in [2.45, 2.75) is 4.21 Å². The summed E-state index contributed by atoms with van der Waals surface area (Å²) in [6.45, 7) is 0. The van der Waals surface area contributed by atoms with Gasteiger partial charge in [-0.25, -0.2) is 0 Å². The van der Waals surface area contributed by atoms with E-state index in [0.29, 0.717) is 15.6 Å². The molecule has 1 aromatic carbocycles. The first-order chi connectivity index (χ1) is 8.99. The van der Waals surface area contributed by atoms with Gasteiger partial charge in [-0.3, -0.25) is 0 Å². The highest BCUT2D eigenvalue weighted by Gasteiger charge is 2.12. The zero-order valence-corrected chi connectivity index (χ0v) is 12.5. The van der Waals surface area contributed by atoms with E-state index in [1.54, 1.807) is 29.6 Å². The van der Waals surface area contributed by atoms with Crippen molar-refractivity contribution in [3.63, 3.8) is 0 Å². The zero-order chi connectivity index (χ0) is 13.9. The van der Waals surface area contributed by atoms with Crippen LogP contribution in [0.2, 0.25) is 10.0 Å². The minimum atomic E-state index is -3.59. The molecule has 0 atom stereocenters. The van der Waals surface area contributed by atoms with Gasteiger partial charge in [0.25, 0.3) is 10.0 Å². The van der Waals surface area contributed by atoms with E-state index >= 15 is 0 Å². The second kappa shape index (κ2) is 5.92. The first-order valence-corrected chi connectivity index (χ1v) is 8.14. The van der Waals surface area contributed by atoms with Crippen LogP contribution in [-0.2, 0) is 10.0 Å². The molecule has 0 amide bonds. The SMILES string of the molecule is O=S(=O)(N/N=C/c1ccc(Cl)c(Cl)c1)c1cccs1. The van der Waals surface area contributed by atoms with E-state index in [1.165, 1.54) is 12.3 Å². The van der Waals surface area contributed by atoms with Crippen molar-refractivity contribution in [1.29, 1.82) is 0 Å². The number of thiophene rings is 1. The Morgan fingerprint density at radius 2 is 2.00 bits per heavy atom. The summed E-state index contributed by atoms with van der Waals surface area (Å²) >= 11 is 12.7. The van der Waals surface area contributed by atoms with E-state index < -0.39 is 10.0 Å². The third-order valence-corrected chi connectivity index (χ3v) is 5.45. The quantitative estimate of drug-likeness (QED) is 0.688.